The Morgan fingerprint density at radius 1 is 1.47 bits per heavy atom. The van der Waals surface area contributed by atoms with Crippen LogP contribution in [0.15, 0.2) is 18.2 Å². The molecule has 0 aliphatic heterocycles. The minimum absolute atomic E-state index is 0.183. The molecule has 17 heavy (non-hydrogen) atoms. The van der Waals surface area contributed by atoms with Crippen LogP contribution >= 0.6 is 0 Å². The Kier molecular flexibility index (Phi) is 2.35. The molecule has 4 heteroatoms. The maximum absolute atomic E-state index is 10.6. The number of aromatic nitrogens is 2. The Bertz CT molecular complexity index is 570. The molecule has 1 saturated carbocycles. The Hall–Kier alpha value is -1.84. The highest BCUT2D eigenvalue weighted by molar-refractivity contribution is 5.83. The summed E-state index contributed by atoms with van der Waals surface area (Å²) < 4.78 is 0. The molecule has 2 aromatic rings. The number of benzene rings is 1. The second-order valence-electron chi connectivity index (χ2n) is 4.66. The third kappa shape index (κ3) is 2.02. The van der Waals surface area contributed by atoms with Crippen LogP contribution in [0, 0.1) is 0 Å². The van der Waals surface area contributed by atoms with E-state index in [4.69, 9.17) is 5.11 Å². The van der Waals surface area contributed by atoms with Crippen LogP contribution in [0.4, 0.5) is 0 Å². The fourth-order valence-corrected chi connectivity index (χ4v) is 2.17. The topological polar surface area (TPSA) is 66.0 Å². The first-order valence-corrected chi connectivity index (χ1v) is 5.93. The van der Waals surface area contributed by atoms with E-state index in [1.54, 1.807) is 0 Å². The van der Waals surface area contributed by atoms with E-state index in [0.29, 0.717) is 12.3 Å². The van der Waals surface area contributed by atoms with Gasteiger partial charge in [-0.25, -0.2) is 0 Å². The summed E-state index contributed by atoms with van der Waals surface area (Å²) >= 11 is 0. The van der Waals surface area contributed by atoms with Crippen molar-refractivity contribution >= 4 is 16.9 Å². The van der Waals surface area contributed by atoms with E-state index in [2.05, 4.69) is 16.3 Å². The maximum atomic E-state index is 10.6. The number of nitrogens with zero attached hydrogens (tertiary/aromatic N) is 1. The van der Waals surface area contributed by atoms with Crippen LogP contribution in [-0.4, -0.2) is 21.3 Å². The van der Waals surface area contributed by atoms with Gasteiger partial charge >= 0.3 is 5.97 Å². The molecule has 1 fully saturated rings. The summed E-state index contributed by atoms with van der Waals surface area (Å²) in [6, 6.07) is 6.01. The first-order valence-electron chi connectivity index (χ1n) is 5.93. The highest BCUT2D eigenvalue weighted by Gasteiger charge is 2.27. The lowest BCUT2D eigenvalue weighted by molar-refractivity contribution is -0.136. The highest BCUT2D eigenvalue weighted by Crippen LogP contribution is 2.41. The summed E-state index contributed by atoms with van der Waals surface area (Å²) in [7, 11) is 0. The molecule has 88 valence electrons. The molecule has 1 heterocycles. The average Bonchev–Trinajstić information content (AvgIpc) is 3.07. The van der Waals surface area contributed by atoms with Crippen molar-refractivity contribution in [1.29, 1.82) is 0 Å². The second-order valence-corrected chi connectivity index (χ2v) is 4.66. The zero-order valence-corrected chi connectivity index (χ0v) is 9.44. The summed E-state index contributed by atoms with van der Waals surface area (Å²) in [5.74, 6) is -0.116. The number of carboxylic acid groups (broad SMARTS) is 1. The van der Waals surface area contributed by atoms with Gasteiger partial charge in [0.15, 0.2) is 0 Å². The van der Waals surface area contributed by atoms with Crippen LogP contribution in [0.5, 0.6) is 0 Å². The Balaban J connectivity index is 1.92. The zero-order valence-electron chi connectivity index (χ0n) is 9.44. The number of H-pyrrole nitrogens is 1. The van der Waals surface area contributed by atoms with E-state index in [1.165, 1.54) is 18.5 Å². The molecule has 0 radical (unpaired) electrons. The predicted molar refractivity (Wildman–Crippen MR) is 64.0 cm³/mol. The summed E-state index contributed by atoms with van der Waals surface area (Å²) in [5.41, 5.74) is 3.27. The number of aryl methyl sites for hydroxylation is 1. The molecule has 0 amide bonds. The van der Waals surface area contributed by atoms with Gasteiger partial charge in [-0.15, -0.1) is 0 Å². The number of nitrogens with one attached hydrogen (secondary N) is 1. The molecular weight excluding hydrogens is 216 g/mol. The van der Waals surface area contributed by atoms with Gasteiger partial charge in [0.1, 0.15) is 0 Å². The van der Waals surface area contributed by atoms with Crippen molar-refractivity contribution in [3.05, 3.63) is 29.5 Å². The van der Waals surface area contributed by atoms with Crippen LogP contribution < -0.4 is 0 Å². The molecule has 0 spiro atoms. The van der Waals surface area contributed by atoms with E-state index in [0.717, 1.165) is 16.5 Å². The van der Waals surface area contributed by atoms with Crippen molar-refractivity contribution < 1.29 is 9.90 Å². The monoisotopic (exact) mass is 230 g/mol. The molecule has 1 aliphatic rings. The van der Waals surface area contributed by atoms with Crippen molar-refractivity contribution in [2.75, 3.05) is 0 Å². The number of hydrogen-bond donors (Lipinski definition) is 2. The number of aromatic amines is 1. The van der Waals surface area contributed by atoms with Gasteiger partial charge in [-0.3, -0.25) is 9.89 Å². The molecule has 0 bridgehead atoms. The minimum Gasteiger partial charge on any atom is -0.481 e. The fourth-order valence-electron chi connectivity index (χ4n) is 2.17. The smallest absolute Gasteiger partial charge is 0.303 e. The third-order valence-corrected chi connectivity index (χ3v) is 3.26. The average molecular weight is 230 g/mol. The van der Waals surface area contributed by atoms with Crippen LogP contribution in [0.2, 0.25) is 0 Å². The highest BCUT2D eigenvalue weighted by atomic mass is 16.4. The van der Waals surface area contributed by atoms with Gasteiger partial charge in [0.05, 0.1) is 5.52 Å². The Labute approximate surface area is 98.6 Å². The summed E-state index contributed by atoms with van der Waals surface area (Å²) in [4.78, 5) is 10.6. The minimum atomic E-state index is -0.750. The summed E-state index contributed by atoms with van der Waals surface area (Å²) in [6.45, 7) is 0. The number of carboxylic acids is 1. The van der Waals surface area contributed by atoms with Gasteiger partial charge in [-0.2, -0.15) is 5.10 Å². The van der Waals surface area contributed by atoms with Gasteiger partial charge in [-0.05, 0) is 37.0 Å². The van der Waals surface area contributed by atoms with Gasteiger partial charge in [0.2, 0.25) is 0 Å². The Morgan fingerprint density at radius 3 is 3.00 bits per heavy atom. The normalized spacial score (nSPS) is 15.3. The number of rotatable bonds is 4. The molecule has 4 nitrogen and oxygen atoms in total. The third-order valence-electron chi connectivity index (χ3n) is 3.26. The van der Waals surface area contributed by atoms with Gasteiger partial charge in [0.25, 0.3) is 0 Å². The lowest BCUT2D eigenvalue weighted by Crippen LogP contribution is -1.97. The molecule has 1 aromatic carbocycles. The van der Waals surface area contributed by atoms with Crippen molar-refractivity contribution in [1.82, 2.24) is 10.2 Å². The quantitative estimate of drug-likeness (QED) is 0.847. The summed E-state index contributed by atoms with van der Waals surface area (Å²) in [5, 5.41) is 17.2. The van der Waals surface area contributed by atoms with Crippen LogP contribution in [0.1, 0.15) is 36.4 Å². The zero-order chi connectivity index (χ0) is 11.8. The lowest BCUT2D eigenvalue weighted by atomic mass is 10.1. The van der Waals surface area contributed by atoms with Gasteiger partial charge in [-0.1, -0.05) is 6.07 Å². The number of hydrogen-bond acceptors (Lipinski definition) is 2. The van der Waals surface area contributed by atoms with Crippen molar-refractivity contribution in [2.45, 2.75) is 31.6 Å². The van der Waals surface area contributed by atoms with Crippen LogP contribution in [0.25, 0.3) is 10.9 Å². The SMILES string of the molecule is O=C(O)CCc1ccc2n[nH]c(C3CC3)c2c1. The molecule has 0 saturated heterocycles. The van der Waals surface area contributed by atoms with Crippen molar-refractivity contribution in [3.63, 3.8) is 0 Å². The first-order chi connectivity index (χ1) is 8.24. The predicted octanol–water partition coefficient (Wildman–Crippen LogP) is 2.46. The van der Waals surface area contributed by atoms with Gasteiger partial charge < -0.3 is 5.11 Å². The van der Waals surface area contributed by atoms with E-state index in [9.17, 15) is 4.79 Å². The maximum Gasteiger partial charge on any atom is 0.303 e. The first kappa shape index (κ1) is 10.3. The van der Waals surface area contributed by atoms with Crippen LogP contribution in [-0.2, 0) is 11.2 Å². The fraction of sp³-hybridized carbons (Fsp3) is 0.385. The summed E-state index contributed by atoms with van der Waals surface area (Å²) in [6.07, 6.45) is 3.23. The van der Waals surface area contributed by atoms with E-state index < -0.39 is 5.97 Å². The largest absolute Gasteiger partial charge is 0.481 e. The standard InChI is InChI=1S/C13H14N2O2/c16-12(17)6-2-8-1-5-11-10(7-8)13(15-14-11)9-3-4-9/h1,5,7,9H,2-4,6H2,(H,14,15)(H,16,17). The van der Waals surface area contributed by atoms with E-state index >= 15 is 0 Å². The van der Waals surface area contributed by atoms with Crippen molar-refractivity contribution in [3.8, 4) is 0 Å². The number of aliphatic carboxylic acids is 1. The molecule has 3 rings (SSSR count). The molecule has 0 unspecified atom stereocenters. The molecule has 2 N–H and O–H groups in total. The lowest BCUT2D eigenvalue weighted by Gasteiger charge is -2.00. The molecule has 1 aliphatic carbocycles. The Morgan fingerprint density at radius 2 is 2.29 bits per heavy atom. The van der Waals surface area contributed by atoms with E-state index in [-0.39, 0.29) is 6.42 Å². The number of carbonyl (C=O) groups is 1. The van der Waals surface area contributed by atoms with Crippen LogP contribution in [0.3, 0.4) is 0 Å². The second kappa shape index (κ2) is 3.87. The van der Waals surface area contributed by atoms with Crippen molar-refractivity contribution in [2.24, 2.45) is 0 Å². The molecule has 1 aromatic heterocycles. The van der Waals surface area contributed by atoms with E-state index in [1.807, 2.05) is 12.1 Å². The molecule has 0 atom stereocenters. The molecular formula is C13H14N2O2. The number of fused-ring (bicyclic) bond motifs is 1. The van der Waals surface area contributed by atoms with Gasteiger partial charge in [0, 0.05) is 23.4 Å².